The molecule has 0 amide bonds. The third-order valence-corrected chi connectivity index (χ3v) is 8.93. The number of sulfonamides is 1. The van der Waals surface area contributed by atoms with E-state index < -0.39 is 57.5 Å². The highest BCUT2D eigenvalue weighted by molar-refractivity contribution is 7.92. The molecule has 0 unspecified atom stereocenters. The molecule has 0 N–H and O–H groups in total. The van der Waals surface area contributed by atoms with Crippen molar-refractivity contribution in [3.63, 3.8) is 0 Å². The number of esters is 1. The standard InChI is InChI=1S/C28H30F4N2O8S/c1-26(2,23-13-25(36)42-33-23)14-17-15-34(43(37,38)18-7-8-19(29)22(12-18)39-5)20-10-16(6-9-21(20)40-17)11-24(35)41-27(3,4)28(30,31)32/h6-10,12,17H,11,13-15H2,1-5H3/t17-/m0/s1. The summed E-state index contributed by atoms with van der Waals surface area (Å²) in [5.41, 5.74) is -2.85. The summed E-state index contributed by atoms with van der Waals surface area (Å²) in [6.07, 6.45) is -5.98. The lowest BCUT2D eigenvalue weighted by atomic mass is 9.80. The van der Waals surface area contributed by atoms with Gasteiger partial charge in [-0.25, -0.2) is 17.6 Å². The molecule has 0 radical (unpaired) electrons. The van der Waals surface area contributed by atoms with E-state index in [1.807, 2.05) is 0 Å². The Kier molecular flexibility index (Phi) is 8.43. The molecule has 0 spiro atoms. The van der Waals surface area contributed by atoms with Crippen molar-refractivity contribution >= 4 is 33.4 Å². The number of methoxy groups -OCH3 is 1. The number of oxime groups is 1. The lowest BCUT2D eigenvalue weighted by Gasteiger charge is -2.38. The van der Waals surface area contributed by atoms with Crippen LogP contribution in [0.1, 0.15) is 46.1 Å². The van der Waals surface area contributed by atoms with Crippen LogP contribution in [0.25, 0.3) is 0 Å². The van der Waals surface area contributed by atoms with Crippen LogP contribution in [0.4, 0.5) is 23.2 Å². The van der Waals surface area contributed by atoms with Gasteiger partial charge in [0.05, 0.1) is 42.8 Å². The van der Waals surface area contributed by atoms with Crippen LogP contribution >= 0.6 is 0 Å². The van der Waals surface area contributed by atoms with Gasteiger partial charge in [0, 0.05) is 11.5 Å². The number of halogens is 4. The molecule has 4 rings (SSSR count). The molecule has 15 heteroatoms. The molecule has 43 heavy (non-hydrogen) atoms. The van der Waals surface area contributed by atoms with E-state index in [0.717, 1.165) is 36.4 Å². The number of benzene rings is 2. The van der Waals surface area contributed by atoms with Crippen LogP contribution in [0.3, 0.4) is 0 Å². The molecule has 234 valence electrons. The molecular weight excluding hydrogens is 600 g/mol. The number of nitrogens with zero attached hydrogens (tertiary/aromatic N) is 2. The van der Waals surface area contributed by atoms with Crippen LogP contribution in [0.15, 0.2) is 46.4 Å². The van der Waals surface area contributed by atoms with E-state index in [0.29, 0.717) is 5.71 Å². The van der Waals surface area contributed by atoms with Crippen LogP contribution in [-0.4, -0.2) is 57.6 Å². The summed E-state index contributed by atoms with van der Waals surface area (Å²) in [6.45, 7) is 4.80. The number of ether oxygens (including phenoxy) is 3. The number of rotatable bonds is 9. The van der Waals surface area contributed by atoms with Crippen molar-refractivity contribution in [1.29, 1.82) is 0 Å². The van der Waals surface area contributed by atoms with Crippen molar-refractivity contribution in [1.82, 2.24) is 0 Å². The fraction of sp³-hybridized carbons (Fsp3) is 0.464. The first-order chi connectivity index (χ1) is 19.8. The SMILES string of the molecule is COc1cc(S(=O)(=O)N2C[C@H](CC(C)(C)C3=NOC(=O)C3)Oc3ccc(CC(=O)OC(C)(C)C(F)(F)F)cc32)ccc1F. The first kappa shape index (κ1) is 32.0. The predicted octanol–water partition coefficient (Wildman–Crippen LogP) is 4.94. The first-order valence-corrected chi connectivity index (χ1v) is 14.5. The average molecular weight is 631 g/mol. The quantitative estimate of drug-likeness (QED) is 0.217. The summed E-state index contributed by atoms with van der Waals surface area (Å²) in [5, 5.41) is 3.84. The van der Waals surface area contributed by atoms with Crippen molar-refractivity contribution in [3.05, 3.63) is 47.8 Å². The normalized spacial score (nSPS) is 17.5. The Morgan fingerprint density at radius 3 is 2.42 bits per heavy atom. The minimum atomic E-state index is -4.81. The smallest absolute Gasteiger partial charge is 0.427 e. The lowest BCUT2D eigenvalue weighted by Crippen LogP contribution is -2.46. The topological polar surface area (TPSA) is 121 Å². The van der Waals surface area contributed by atoms with Crippen LogP contribution in [-0.2, 0) is 35.6 Å². The summed E-state index contributed by atoms with van der Waals surface area (Å²) in [6, 6.07) is 7.16. The maximum Gasteiger partial charge on any atom is 0.427 e. The zero-order valence-corrected chi connectivity index (χ0v) is 24.8. The van der Waals surface area contributed by atoms with Crippen LogP contribution < -0.4 is 13.8 Å². The van der Waals surface area contributed by atoms with Crippen molar-refractivity contribution in [2.75, 3.05) is 18.0 Å². The lowest BCUT2D eigenvalue weighted by molar-refractivity contribution is -0.257. The Morgan fingerprint density at radius 2 is 1.81 bits per heavy atom. The molecule has 0 bridgehead atoms. The minimum Gasteiger partial charge on any atom is -0.494 e. The molecule has 10 nitrogen and oxygen atoms in total. The molecule has 0 aliphatic carbocycles. The van der Waals surface area contributed by atoms with E-state index >= 15 is 0 Å². The van der Waals surface area contributed by atoms with Gasteiger partial charge in [0.15, 0.2) is 11.6 Å². The average Bonchev–Trinajstić information content (AvgIpc) is 3.34. The molecule has 0 saturated carbocycles. The molecule has 0 saturated heterocycles. The molecule has 2 aliphatic heterocycles. The Labute approximate surface area is 245 Å². The molecule has 2 aromatic carbocycles. The van der Waals surface area contributed by atoms with Crippen LogP contribution in [0, 0.1) is 11.2 Å². The fourth-order valence-corrected chi connectivity index (χ4v) is 6.15. The van der Waals surface area contributed by atoms with Gasteiger partial charge in [0.25, 0.3) is 10.0 Å². The van der Waals surface area contributed by atoms with Gasteiger partial charge in [0.2, 0.25) is 5.60 Å². The van der Waals surface area contributed by atoms with E-state index in [1.165, 1.54) is 25.3 Å². The number of carbonyl (C=O) groups excluding carboxylic acids is 2. The van der Waals surface area contributed by atoms with Crippen molar-refractivity contribution < 1.29 is 54.6 Å². The number of hydrogen-bond acceptors (Lipinski definition) is 9. The van der Waals surface area contributed by atoms with Gasteiger partial charge < -0.3 is 19.0 Å². The molecule has 1 atom stereocenters. The van der Waals surface area contributed by atoms with E-state index in [-0.39, 0.29) is 47.0 Å². The van der Waals surface area contributed by atoms with Crippen molar-refractivity contribution in [3.8, 4) is 11.5 Å². The zero-order valence-electron chi connectivity index (χ0n) is 24.0. The number of carbonyl (C=O) groups is 2. The highest BCUT2D eigenvalue weighted by Crippen LogP contribution is 2.42. The highest BCUT2D eigenvalue weighted by atomic mass is 32.2. The minimum absolute atomic E-state index is 0.00875. The molecular formula is C28H30F4N2O8S. The molecule has 2 heterocycles. The first-order valence-electron chi connectivity index (χ1n) is 13.1. The third-order valence-electron chi connectivity index (χ3n) is 7.15. The van der Waals surface area contributed by atoms with Gasteiger partial charge in [-0.15, -0.1) is 0 Å². The molecule has 2 aromatic rings. The highest BCUT2D eigenvalue weighted by Gasteiger charge is 2.50. The molecule has 0 aromatic heterocycles. The Morgan fingerprint density at radius 1 is 1.12 bits per heavy atom. The largest absolute Gasteiger partial charge is 0.494 e. The molecule has 0 fully saturated rings. The molecule has 2 aliphatic rings. The number of hydrogen-bond donors (Lipinski definition) is 0. The third kappa shape index (κ3) is 6.71. The number of anilines is 1. The van der Waals surface area contributed by atoms with Gasteiger partial charge in [-0.3, -0.25) is 9.10 Å². The van der Waals surface area contributed by atoms with Gasteiger partial charge >= 0.3 is 18.1 Å². The summed E-state index contributed by atoms with van der Waals surface area (Å²) < 4.78 is 98.5. The van der Waals surface area contributed by atoms with Gasteiger partial charge in [-0.1, -0.05) is 25.1 Å². The van der Waals surface area contributed by atoms with Crippen LogP contribution in [0.2, 0.25) is 0 Å². The second-order valence-electron chi connectivity index (χ2n) is 11.3. The van der Waals surface area contributed by atoms with Crippen molar-refractivity contribution in [2.24, 2.45) is 10.6 Å². The van der Waals surface area contributed by atoms with E-state index in [1.54, 1.807) is 13.8 Å². The van der Waals surface area contributed by atoms with Crippen LogP contribution in [0.5, 0.6) is 11.5 Å². The summed E-state index contributed by atoms with van der Waals surface area (Å²) in [7, 11) is -3.22. The summed E-state index contributed by atoms with van der Waals surface area (Å²) in [4.78, 5) is 28.5. The summed E-state index contributed by atoms with van der Waals surface area (Å²) >= 11 is 0. The second kappa shape index (κ2) is 11.3. The zero-order chi connectivity index (χ0) is 32.0. The van der Waals surface area contributed by atoms with Gasteiger partial charge in [-0.2, -0.15) is 13.2 Å². The van der Waals surface area contributed by atoms with Gasteiger partial charge in [-0.05, 0) is 50.1 Å². The van der Waals surface area contributed by atoms with Crippen molar-refractivity contribution in [2.45, 2.75) is 69.7 Å². The summed E-state index contributed by atoms with van der Waals surface area (Å²) in [5.74, 6) is -2.67. The second-order valence-corrected chi connectivity index (χ2v) is 13.2. The maximum absolute atomic E-state index is 14.1. The van der Waals surface area contributed by atoms with E-state index in [4.69, 9.17) is 14.3 Å². The van der Waals surface area contributed by atoms with E-state index in [2.05, 4.69) is 9.89 Å². The Balaban J connectivity index is 1.70. The predicted molar refractivity (Wildman–Crippen MR) is 145 cm³/mol. The Hall–Kier alpha value is -3.88. The maximum atomic E-state index is 14.1. The Bertz CT molecular complexity index is 1570. The van der Waals surface area contributed by atoms with E-state index in [9.17, 15) is 35.6 Å². The fourth-order valence-electron chi connectivity index (χ4n) is 4.63. The number of fused-ring (bicyclic) bond motifs is 1. The van der Waals surface area contributed by atoms with Gasteiger partial charge in [0.1, 0.15) is 11.9 Å². The number of alkyl halides is 3. The monoisotopic (exact) mass is 630 g/mol.